The van der Waals surface area contributed by atoms with E-state index in [2.05, 4.69) is 30.4 Å². The number of hydrogen-bond donors (Lipinski definition) is 2. The quantitative estimate of drug-likeness (QED) is 0.304. The summed E-state index contributed by atoms with van der Waals surface area (Å²) in [4.78, 5) is 24.4. The molecule has 0 bridgehead atoms. The number of amides is 1. The molecule has 0 saturated heterocycles. The molecule has 198 valence electrons. The highest BCUT2D eigenvalue weighted by Crippen LogP contribution is 2.44. The minimum Gasteiger partial charge on any atom is -0.481 e. The number of hydrogen-bond acceptors (Lipinski definition) is 3. The molecule has 0 aliphatic heterocycles. The predicted molar refractivity (Wildman–Crippen MR) is 154 cm³/mol. The average Bonchev–Trinajstić information content (AvgIpc) is 3.25. The second kappa shape index (κ2) is 14.0. The number of rotatable bonds is 9. The molecule has 0 spiro atoms. The van der Waals surface area contributed by atoms with E-state index in [1.54, 1.807) is 0 Å². The third-order valence-corrected chi connectivity index (χ3v) is 6.56. The number of fused-ring (bicyclic) bond motifs is 1. The van der Waals surface area contributed by atoms with Gasteiger partial charge < -0.3 is 15.2 Å². The van der Waals surface area contributed by atoms with Crippen LogP contribution >= 0.6 is 0 Å². The van der Waals surface area contributed by atoms with E-state index >= 15 is 0 Å². The van der Waals surface area contributed by atoms with Crippen LogP contribution in [0.25, 0.3) is 16.7 Å². The van der Waals surface area contributed by atoms with Crippen molar-refractivity contribution in [3.63, 3.8) is 0 Å². The molecule has 38 heavy (non-hydrogen) atoms. The number of carbonyl (C=O) groups excluding carboxylic acids is 1. The summed E-state index contributed by atoms with van der Waals surface area (Å²) in [6.45, 7) is 8.29. The molecular weight excluding hydrogens is 474 g/mol. The van der Waals surface area contributed by atoms with Crippen molar-refractivity contribution in [3.8, 4) is 11.1 Å². The van der Waals surface area contributed by atoms with Crippen molar-refractivity contribution < 1.29 is 19.4 Å². The van der Waals surface area contributed by atoms with Gasteiger partial charge in [0.05, 0.1) is 12.5 Å². The van der Waals surface area contributed by atoms with Crippen molar-refractivity contribution in [2.75, 3.05) is 6.61 Å². The number of allylic oxidation sites excluding steroid dienone is 3. The summed E-state index contributed by atoms with van der Waals surface area (Å²) in [5.41, 5.74) is 7.57. The molecule has 3 aromatic carbocycles. The zero-order valence-electron chi connectivity index (χ0n) is 22.6. The van der Waals surface area contributed by atoms with Gasteiger partial charge in [-0.15, -0.1) is 0 Å². The van der Waals surface area contributed by atoms with Gasteiger partial charge in [-0.25, -0.2) is 4.79 Å². The topological polar surface area (TPSA) is 75.6 Å². The molecule has 3 aromatic rings. The Morgan fingerprint density at radius 3 is 2.21 bits per heavy atom. The Kier molecular flexibility index (Phi) is 10.5. The third-order valence-electron chi connectivity index (χ3n) is 6.56. The second-order valence-electron chi connectivity index (χ2n) is 8.81. The molecule has 2 atom stereocenters. The number of alkyl carbamates (subject to hydrolysis) is 1. The van der Waals surface area contributed by atoms with E-state index in [1.165, 1.54) is 11.1 Å². The Labute approximate surface area is 225 Å². The summed E-state index contributed by atoms with van der Waals surface area (Å²) < 4.78 is 5.67. The summed E-state index contributed by atoms with van der Waals surface area (Å²) in [7, 11) is 0. The molecule has 4 rings (SSSR count). The molecule has 2 N–H and O–H groups in total. The van der Waals surface area contributed by atoms with Crippen LogP contribution < -0.4 is 5.32 Å². The molecule has 5 heteroatoms. The van der Waals surface area contributed by atoms with Crippen LogP contribution in [-0.4, -0.2) is 23.8 Å². The van der Waals surface area contributed by atoms with Crippen molar-refractivity contribution in [3.05, 3.63) is 113 Å². The van der Waals surface area contributed by atoms with Crippen LogP contribution in [-0.2, 0) is 9.53 Å². The Bertz CT molecular complexity index is 1280. The number of ether oxygens (including phenoxy) is 1. The first-order valence-corrected chi connectivity index (χ1v) is 13.3. The van der Waals surface area contributed by atoms with Gasteiger partial charge in [0.15, 0.2) is 0 Å². The number of carboxylic acids is 1. The molecule has 1 amide bonds. The van der Waals surface area contributed by atoms with Gasteiger partial charge in [0.2, 0.25) is 0 Å². The maximum Gasteiger partial charge on any atom is 0.407 e. The molecule has 0 saturated carbocycles. The minimum absolute atomic E-state index is 0.0545. The number of carboxylic acid groups (broad SMARTS) is 1. The number of nitrogens with one attached hydrogen (secondary N) is 1. The van der Waals surface area contributed by atoms with E-state index in [0.29, 0.717) is 5.56 Å². The summed E-state index contributed by atoms with van der Waals surface area (Å²) in [5, 5.41) is 12.2. The van der Waals surface area contributed by atoms with Crippen LogP contribution in [0.1, 0.15) is 69.2 Å². The lowest BCUT2D eigenvalue weighted by Crippen LogP contribution is -2.31. The Morgan fingerprint density at radius 1 is 0.947 bits per heavy atom. The third kappa shape index (κ3) is 6.80. The fourth-order valence-corrected chi connectivity index (χ4v) is 4.89. The van der Waals surface area contributed by atoms with Crippen LogP contribution in [0.4, 0.5) is 4.79 Å². The Morgan fingerprint density at radius 2 is 1.58 bits per heavy atom. The first-order valence-electron chi connectivity index (χ1n) is 13.3. The number of carbonyl (C=O) groups is 2. The summed E-state index contributed by atoms with van der Waals surface area (Å²) in [6, 6.07) is 25.0. The van der Waals surface area contributed by atoms with E-state index < -0.39 is 18.1 Å². The summed E-state index contributed by atoms with van der Waals surface area (Å²) in [5.74, 6) is -1.05. The maximum absolute atomic E-state index is 12.8. The van der Waals surface area contributed by atoms with Crippen molar-refractivity contribution in [1.82, 2.24) is 5.32 Å². The predicted octanol–water partition coefficient (Wildman–Crippen LogP) is 8.16. The molecule has 1 aliphatic carbocycles. The number of aliphatic carboxylic acids is 1. The Hall–Kier alpha value is -4.12. The summed E-state index contributed by atoms with van der Waals surface area (Å²) >= 11 is 0. The van der Waals surface area contributed by atoms with E-state index in [0.717, 1.165) is 28.7 Å². The van der Waals surface area contributed by atoms with Crippen LogP contribution in [0.2, 0.25) is 0 Å². The van der Waals surface area contributed by atoms with Gasteiger partial charge in [-0.1, -0.05) is 112 Å². The maximum atomic E-state index is 12.8. The van der Waals surface area contributed by atoms with E-state index in [9.17, 15) is 14.7 Å². The lowest BCUT2D eigenvalue weighted by Gasteiger charge is -2.20. The van der Waals surface area contributed by atoms with Crippen LogP contribution in [0, 0.1) is 0 Å². The van der Waals surface area contributed by atoms with Gasteiger partial charge in [-0.2, -0.15) is 0 Å². The summed E-state index contributed by atoms with van der Waals surface area (Å²) in [6.07, 6.45) is 4.11. The highest BCUT2D eigenvalue weighted by atomic mass is 16.5. The van der Waals surface area contributed by atoms with Gasteiger partial charge in [0, 0.05) is 5.92 Å². The van der Waals surface area contributed by atoms with Gasteiger partial charge in [-0.3, -0.25) is 4.79 Å². The zero-order valence-corrected chi connectivity index (χ0v) is 22.6. The first-order chi connectivity index (χ1) is 18.5. The Balaban J connectivity index is 0.00000195. The first kappa shape index (κ1) is 28.5. The highest BCUT2D eigenvalue weighted by Gasteiger charge is 2.30. The molecule has 1 aliphatic rings. The normalized spacial score (nSPS) is 14.9. The largest absolute Gasteiger partial charge is 0.481 e. The molecule has 5 nitrogen and oxygen atoms in total. The van der Waals surface area contributed by atoms with Gasteiger partial charge in [-0.05, 0) is 52.3 Å². The van der Waals surface area contributed by atoms with Gasteiger partial charge >= 0.3 is 12.1 Å². The fraction of sp³-hybridized carbons (Fsp3) is 0.273. The van der Waals surface area contributed by atoms with E-state index in [4.69, 9.17) is 4.74 Å². The fourth-order valence-electron chi connectivity index (χ4n) is 4.89. The van der Waals surface area contributed by atoms with Crippen molar-refractivity contribution in [1.29, 1.82) is 0 Å². The highest BCUT2D eigenvalue weighted by molar-refractivity contribution is 5.80. The lowest BCUT2D eigenvalue weighted by atomic mass is 9.96. The monoisotopic (exact) mass is 511 g/mol. The minimum atomic E-state index is -0.997. The van der Waals surface area contributed by atoms with Crippen LogP contribution in [0.3, 0.4) is 0 Å². The molecule has 0 fully saturated rings. The zero-order chi connectivity index (χ0) is 27.5. The van der Waals surface area contributed by atoms with Crippen molar-refractivity contribution in [2.45, 2.75) is 52.5 Å². The lowest BCUT2D eigenvalue weighted by molar-refractivity contribution is -0.137. The standard InChI is InChI=1S/C31H31NO4.C2H6/c1-3-10-25-24(4-2)26-13-8-9-14-27(26)28(25)20-36-31(35)32-29(19-30(33)34)23-17-15-22(16-18-23)21-11-6-5-7-12-21;1-2/h3,5-18,28-29H,4,19-20H2,1-2H3,(H,32,35)(H,33,34);1-2H3/b10-3-;. The van der Waals surface area contributed by atoms with Crippen molar-refractivity contribution >= 4 is 17.6 Å². The second-order valence-corrected chi connectivity index (χ2v) is 8.81. The van der Waals surface area contributed by atoms with Gasteiger partial charge in [0.25, 0.3) is 0 Å². The van der Waals surface area contributed by atoms with E-state index in [1.807, 2.05) is 93.6 Å². The van der Waals surface area contributed by atoms with Gasteiger partial charge in [0.1, 0.15) is 6.61 Å². The average molecular weight is 512 g/mol. The van der Waals surface area contributed by atoms with Crippen LogP contribution in [0.5, 0.6) is 0 Å². The smallest absolute Gasteiger partial charge is 0.407 e. The van der Waals surface area contributed by atoms with Crippen molar-refractivity contribution in [2.24, 2.45) is 0 Å². The van der Waals surface area contributed by atoms with E-state index in [-0.39, 0.29) is 18.9 Å². The number of benzene rings is 3. The molecule has 0 radical (unpaired) electrons. The molecular formula is C33H37NO4. The molecule has 0 aromatic heterocycles. The molecule has 0 heterocycles. The van der Waals surface area contributed by atoms with Crippen LogP contribution in [0.15, 0.2) is 96.6 Å². The molecule has 2 unspecified atom stereocenters. The SMILES string of the molecule is C/C=C\C1=C(CC)c2ccccc2C1COC(=O)NC(CC(=O)O)c1ccc(-c2ccccc2)cc1.CC.